The number of fused-ring (bicyclic) bond motifs is 1. The second-order valence-corrected chi connectivity index (χ2v) is 6.43. The van der Waals surface area contributed by atoms with Crippen LogP contribution in [0.5, 0.6) is 0 Å². The Balaban J connectivity index is 1.68. The maximum absolute atomic E-state index is 4.55. The van der Waals surface area contributed by atoms with Crippen molar-refractivity contribution in [3.05, 3.63) is 35.5 Å². The molecule has 1 aliphatic rings. The lowest BCUT2D eigenvalue weighted by Crippen LogP contribution is -2.35. The fourth-order valence-electron chi connectivity index (χ4n) is 3.08. The lowest BCUT2D eigenvalue weighted by molar-refractivity contribution is 0.492. The number of imidazole rings is 1. The third-order valence-corrected chi connectivity index (χ3v) is 5.22. The SMILES string of the molecule is Cc1csc2c(N3CCC[C@@H](c4ncc[nH]4)C3)ncnc12. The van der Waals surface area contributed by atoms with E-state index >= 15 is 0 Å². The quantitative estimate of drug-likeness (QED) is 0.790. The summed E-state index contributed by atoms with van der Waals surface area (Å²) >= 11 is 1.74. The summed E-state index contributed by atoms with van der Waals surface area (Å²) in [5.41, 5.74) is 2.32. The Labute approximate surface area is 127 Å². The maximum atomic E-state index is 4.55. The minimum absolute atomic E-state index is 0.458. The van der Waals surface area contributed by atoms with E-state index in [4.69, 9.17) is 0 Å². The summed E-state index contributed by atoms with van der Waals surface area (Å²) in [6.07, 6.45) is 7.77. The van der Waals surface area contributed by atoms with Crippen molar-refractivity contribution in [2.24, 2.45) is 0 Å². The number of nitrogens with zero attached hydrogens (tertiary/aromatic N) is 4. The predicted molar refractivity (Wildman–Crippen MR) is 84.9 cm³/mol. The number of aromatic nitrogens is 4. The van der Waals surface area contributed by atoms with E-state index in [1.807, 2.05) is 12.4 Å². The number of thiophene rings is 1. The van der Waals surface area contributed by atoms with Crippen LogP contribution in [-0.2, 0) is 0 Å². The third-order valence-electron chi connectivity index (χ3n) is 4.14. The van der Waals surface area contributed by atoms with E-state index in [-0.39, 0.29) is 0 Å². The second-order valence-electron chi connectivity index (χ2n) is 5.55. The molecule has 3 aromatic rings. The van der Waals surface area contributed by atoms with Crippen LogP contribution >= 0.6 is 11.3 Å². The molecular weight excluding hydrogens is 282 g/mol. The van der Waals surface area contributed by atoms with Crippen molar-refractivity contribution < 1.29 is 0 Å². The van der Waals surface area contributed by atoms with Crippen LogP contribution < -0.4 is 4.90 Å². The number of hydrogen-bond acceptors (Lipinski definition) is 5. The summed E-state index contributed by atoms with van der Waals surface area (Å²) < 4.78 is 1.20. The van der Waals surface area contributed by atoms with Crippen LogP contribution in [0.25, 0.3) is 10.2 Å². The van der Waals surface area contributed by atoms with Gasteiger partial charge in [-0.15, -0.1) is 11.3 Å². The van der Waals surface area contributed by atoms with E-state index in [9.17, 15) is 0 Å². The normalized spacial score (nSPS) is 19.3. The summed E-state index contributed by atoms with van der Waals surface area (Å²) in [5, 5.41) is 2.16. The summed E-state index contributed by atoms with van der Waals surface area (Å²) in [5.74, 6) is 2.63. The average molecular weight is 299 g/mol. The molecule has 0 aliphatic carbocycles. The monoisotopic (exact) mass is 299 g/mol. The molecule has 4 heterocycles. The van der Waals surface area contributed by atoms with Crippen molar-refractivity contribution in [2.75, 3.05) is 18.0 Å². The van der Waals surface area contributed by atoms with E-state index in [0.717, 1.165) is 30.2 Å². The van der Waals surface area contributed by atoms with E-state index in [1.165, 1.54) is 23.1 Å². The number of nitrogens with one attached hydrogen (secondary N) is 1. The van der Waals surface area contributed by atoms with Crippen molar-refractivity contribution >= 4 is 27.4 Å². The molecule has 1 fully saturated rings. The van der Waals surface area contributed by atoms with Gasteiger partial charge in [0.05, 0.1) is 10.2 Å². The molecule has 1 saturated heterocycles. The highest BCUT2D eigenvalue weighted by Crippen LogP contribution is 2.34. The smallest absolute Gasteiger partial charge is 0.150 e. The summed E-state index contributed by atoms with van der Waals surface area (Å²) in [6, 6.07) is 0. The zero-order valence-electron chi connectivity index (χ0n) is 11.9. The molecule has 0 amide bonds. The van der Waals surface area contributed by atoms with Gasteiger partial charge in [0.25, 0.3) is 0 Å². The van der Waals surface area contributed by atoms with Gasteiger partial charge in [0.15, 0.2) is 0 Å². The first kappa shape index (κ1) is 12.8. The minimum Gasteiger partial charge on any atom is -0.355 e. The fraction of sp³-hybridized carbons (Fsp3) is 0.400. The van der Waals surface area contributed by atoms with Crippen molar-refractivity contribution in [1.29, 1.82) is 0 Å². The number of anilines is 1. The highest BCUT2D eigenvalue weighted by Gasteiger charge is 2.25. The Morgan fingerprint density at radius 1 is 1.33 bits per heavy atom. The van der Waals surface area contributed by atoms with Gasteiger partial charge in [0.2, 0.25) is 0 Å². The molecule has 1 aliphatic heterocycles. The van der Waals surface area contributed by atoms with Crippen LogP contribution in [0.15, 0.2) is 24.1 Å². The van der Waals surface area contributed by atoms with Crippen molar-refractivity contribution in [1.82, 2.24) is 19.9 Å². The molecule has 5 nitrogen and oxygen atoms in total. The van der Waals surface area contributed by atoms with Gasteiger partial charge in [-0.05, 0) is 30.7 Å². The lowest BCUT2D eigenvalue weighted by Gasteiger charge is -2.32. The Kier molecular flexibility index (Phi) is 3.11. The first-order chi connectivity index (χ1) is 10.3. The van der Waals surface area contributed by atoms with Crippen LogP contribution in [0.3, 0.4) is 0 Å². The maximum Gasteiger partial charge on any atom is 0.150 e. The van der Waals surface area contributed by atoms with Gasteiger partial charge in [-0.3, -0.25) is 0 Å². The number of H-pyrrole nitrogens is 1. The molecule has 1 atom stereocenters. The molecule has 0 aromatic carbocycles. The van der Waals surface area contributed by atoms with Crippen LogP contribution in [0.1, 0.15) is 30.1 Å². The summed E-state index contributed by atoms with van der Waals surface area (Å²) in [7, 11) is 0. The fourth-order valence-corrected chi connectivity index (χ4v) is 4.09. The Bertz CT molecular complexity index is 749. The molecule has 4 rings (SSSR count). The molecule has 0 saturated carbocycles. The van der Waals surface area contributed by atoms with E-state index < -0.39 is 0 Å². The average Bonchev–Trinajstić information content (AvgIpc) is 3.18. The number of aromatic amines is 1. The molecule has 0 spiro atoms. The van der Waals surface area contributed by atoms with Crippen molar-refractivity contribution in [3.8, 4) is 0 Å². The van der Waals surface area contributed by atoms with Gasteiger partial charge in [-0.1, -0.05) is 0 Å². The van der Waals surface area contributed by atoms with Gasteiger partial charge < -0.3 is 9.88 Å². The van der Waals surface area contributed by atoms with Gasteiger partial charge in [0, 0.05) is 31.4 Å². The zero-order valence-corrected chi connectivity index (χ0v) is 12.7. The van der Waals surface area contributed by atoms with Gasteiger partial charge in [-0.25, -0.2) is 15.0 Å². The number of rotatable bonds is 2. The second kappa shape index (κ2) is 5.11. The van der Waals surface area contributed by atoms with Gasteiger partial charge in [0.1, 0.15) is 18.0 Å². The van der Waals surface area contributed by atoms with Crippen LogP contribution in [-0.4, -0.2) is 33.0 Å². The summed E-state index contributed by atoms with van der Waals surface area (Å²) in [4.78, 5) is 19.0. The standard InChI is InChI=1S/C15H17N5S/c1-10-8-21-13-12(10)18-9-19-15(13)20-6-2-3-11(7-20)14-16-4-5-17-14/h4-5,8-9,11H,2-3,6-7H2,1H3,(H,16,17)/t11-/m1/s1. The minimum atomic E-state index is 0.458. The molecule has 108 valence electrons. The van der Waals surface area contributed by atoms with E-state index in [0.29, 0.717) is 5.92 Å². The Morgan fingerprint density at radius 2 is 2.29 bits per heavy atom. The van der Waals surface area contributed by atoms with Crippen LogP contribution in [0.4, 0.5) is 5.82 Å². The van der Waals surface area contributed by atoms with Crippen LogP contribution in [0.2, 0.25) is 0 Å². The molecule has 6 heteroatoms. The van der Waals surface area contributed by atoms with E-state index in [1.54, 1.807) is 17.7 Å². The van der Waals surface area contributed by atoms with E-state index in [2.05, 4.69) is 37.1 Å². The molecule has 0 radical (unpaired) electrons. The molecule has 1 N–H and O–H groups in total. The largest absolute Gasteiger partial charge is 0.355 e. The van der Waals surface area contributed by atoms with Crippen molar-refractivity contribution in [3.63, 3.8) is 0 Å². The molecule has 0 bridgehead atoms. The topological polar surface area (TPSA) is 57.7 Å². The zero-order chi connectivity index (χ0) is 14.2. The molecular formula is C15H17N5S. The molecule has 21 heavy (non-hydrogen) atoms. The lowest BCUT2D eigenvalue weighted by atomic mass is 9.97. The van der Waals surface area contributed by atoms with Gasteiger partial charge >= 0.3 is 0 Å². The molecule has 0 unspecified atom stereocenters. The first-order valence-corrected chi connectivity index (χ1v) is 8.14. The number of aryl methyl sites for hydroxylation is 1. The Morgan fingerprint density at radius 3 is 3.14 bits per heavy atom. The third kappa shape index (κ3) is 2.19. The number of piperidine rings is 1. The molecule has 3 aromatic heterocycles. The predicted octanol–water partition coefficient (Wildman–Crippen LogP) is 3.11. The Hall–Kier alpha value is -1.95. The highest BCUT2D eigenvalue weighted by molar-refractivity contribution is 7.18. The van der Waals surface area contributed by atoms with Crippen molar-refractivity contribution in [2.45, 2.75) is 25.7 Å². The number of hydrogen-bond donors (Lipinski definition) is 1. The summed E-state index contributed by atoms with van der Waals surface area (Å²) in [6.45, 7) is 4.13. The van der Waals surface area contributed by atoms with Crippen LogP contribution in [0, 0.1) is 6.92 Å². The first-order valence-electron chi connectivity index (χ1n) is 7.26. The van der Waals surface area contributed by atoms with Gasteiger partial charge in [-0.2, -0.15) is 0 Å². The highest BCUT2D eigenvalue weighted by atomic mass is 32.1.